The summed E-state index contributed by atoms with van der Waals surface area (Å²) >= 11 is 0. The number of unbranched alkanes of at least 4 members (excludes halogenated alkanes) is 2. The van der Waals surface area contributed by atoms with E-state index in [9.17, 15) is 19.5 Å². The standard InChI is InChI=1S/C32H41N3O5/c1-20-13-14-21(2)24(17-20)34-29(38)27-32-18-22(3)31(4,40-32)25(28(37)33-19-23-11-7-5-8-12-23)26(32)30(39)35(27)15-9-6-10-16-36/h5,7-8,11-14,17,22,25-27,36H,6,9-10,15-16,18-19H2,1-4H3,(H,33,37)(H,34,38)/t22?,25-,26-,27?,31+,32?/m0/s1. The van der Waals surface area contributed by atoms with Crippen LogP contribution in [0.1, 0.15) is 56.2 Å². The number of fused-ring (bicyclic) bond motifs is 1. The number of hydrogen-bond acceptors (Lipinski definition) is 5. The number of aliphatic hydroxyl groups excluding tert-OH is 1. The van der Waals surface area contributed by atoms with Gasteiger partial charge in [0, 0.05) is 25.4 Å². The fourth-order valence-electron chi connectivity index (χ4n) is 7.22. The van der Waals surface area contributed by atoms with Crippen molar-refractivity contribution >= 4 is 23.4 Å². The first kappa shape index (κ1) is 28.3. The van der Waals surface area contributed by atoms with Gasteiger partial charge < -0.3 is 25.4 Å². The fourth-order valence-corrected chi connectivity index (χ4v) is 7.22. The van der Waals surface area contributed by atoms with Crippen molar-refractivity contribution < 1.29 is 24.2 Å². The van der Waals surface area contributed by atoms with Crippen molar-refractivity contribution in [1.82, 2.24) is 10.2 Å². The Morgan fingerprint density at radius 3 is 2.55 bits per heavy atom. The molecule has 3 saturated heterocycles. The van der Waals surface area contributed by atoms with E-state index in [1.165, 1.54) is 0 Å². The Balaban J connectivity index is 1.48. The summed E-state index contributed by atoms with van der Waals surface area (Å²) in [5.41, 5.74) is 1.70. The van der Waals surface area contributed by atoms with Gasteiger partial charge in [-0.25, -0.2) is 0 Å². The molecule has 6 atom stereocenters. The number of carbonyl (C=O) groups excluding carboxylic acids is 3. The Labute approximate surface area is 236 Å². The lowest BCUT2D eigenvalue weighted by atomic mass is 9.62. The van der Waals surface area contributed by atoms with Crippen LogP contribution in [0.3, 0.4) is 0 Å². The summed E-state index contributed by atoms with van der Waals surface area (Å²) in [4.78, 5) is 43.8. The highest BCUT2D eigenvalue weighted by Crippen LogP contribution is 2.65. The molecule has 0 radical (unpaired) electrons. The minimum absolute atomic E-state index is 0.0191. The highest BCUT2D eigenvalue weighted by molar-refractivity contribution is 6.04. The van der Waals surface area contributed by atoms with Gasteiger partial charge >= 0.3 is 0 Å². The maximum atomic E-state index is 14.2. The summed E-state index contributed by atoms with van der Waals surface area (Å²) in [6, 6.07) is 14.7. The van der Waals surface area contributed by atoms with E-state index in [0.29, 0.717) is 38.0 Å². The predicted octanol–water partition coefficient (Wildman–Crippen LogP) is 3.73. The van der Waals surface area contributed by atoms with Crippen molar-refractivity contribution in [1.29, 1.82) is 0 Å². The Bertz CT molecular complexity index is 1280. The van der Waals surface area contributed by atoms with Crippen LogP contribution in [-0.2, 0) is 25.7 Å². The van der Waals surface area contributed by atoms with Gasteiger partial charge in [0.25, 0.3) is 0 Å². The summed E-state index contributed by atoms with van der Waals surface area (Å²) in [5.74, 6) is -2.15. The van der Waals surface area contributed by atoms with Gasteiger partial charge in [-0.3, -0.25) is 14.4 Å². The maximum Gasteiger partial charge on any atom is 0.250 e. The van der Waals surface area contributed by atoms with Crippen molar-refractivity contribution in [3.05, 3.63) is 65.2 Å². The van der Waals surface area contributed by atoms with Gasteiger partial charge in [0.15, 0.2) is 0 Å². The van der Waals surface area contributed by atoms with Crippen LogP contribution in [0.5, 0.6) is 0 Å². The van der Waals surface area contributed by atoms with Crippen LogP contribution in [-0.4, -0.2) is 58.1 Å². The first-order valence-corrected chi connectivity index (χ1v) is 14.4. The fraction of sp³-hybridized carbons (Fsp3) is 0.531. The lowest BCUT2D eigenvalue weighted by Crippen LogP contribution is -2.54. The normalized spacial score (nSPS) is 30.4. The topological polar surface area (TPSA) is 108 Å². The highest BCUT2D eigenvalue weighted by Gasteiger charge is 2.79. The van der Waals surface area contributed by atoms with Crippen LogP contribution in [0.25, 0.3) is 0 Å². The number of aliphatic hydroxyl groups is 1. The van der Waals surface area contributed by atoms with Crippen LogP contribution in [0.4, 0.5) is 5.69 Å². The molecule has 214 valence electrons. The van der Waals surface area contributed by atoms with Gasteiger partial charge in [0.2, 0.25) is 17.7 Å². The van der Waals surface area contributed by atoms with Crippen molar-refractivity contribution in [3.8, 4) is 0 Å². The second-order valence-electron chi connectivity index (χ2n) is 12.0. The molecule has 0 aliphatic carbocycles. The van der Waals surface area contributed by atoms with E-state index >= 15 is 0 Å². The van der Waals surface area contributed by atoms with E-state index in [-0.39, 0.29) is 30.2 Å². The summed E-state index contributed by atoms with van der Waals surface area (Å²) < 4.78 is 6.80. The summed E-state index contributed by atoms with van der Waals surface area (Å²) in [6.07, 6.45) is 2.55. The van der Waals surface area contributed by atoms with Crippen molar-refractivity contribution in [2.45, 2.75) is 77.2 Å². The average Bonchev–Trinajstić information content (AvgIpc) is 3.44. The van der Waals surface area contributed by atoms with Gasteiger partial charge in [-0.05, 0) is 75.1 Å². The van der Waals surface area contributed by atoms with E-state index in [4.69, 9.17) is 4.74 Å². The van der Waals surface area contributed by atoms with Crippen LogP contribution in [0.15, 0.2) is 48.5 Å². The molecule has 3 fully saturated rings. The number of rotatable bonds is 10. The third-order valence-electron chi connectivity index (χ3n) is 9.36. The van der Waals surface area contributed by atoms with E-state index < -0.39 is 29.1 Å². The Kier molecular flexibility index (Phi) is 7.77. The number of nitrogens with one attached hydrogen (secondary N) is 2. The molecule has 8 nitrogen and oxygen atoms in total. The number of carbonyl (C=O) groups is 3. The average molecular weight is 548 g/mol. The quantitative estimate of drug-likeness (QED) is 0.393. The number of hydrogen-bond donors (Lipinski definition) is 3. The molecular weight excluding hydrogens is 506 g/mol. The number of nitrogens with zero attached hydrogens (tertiary/aromatic N) is 1. The lowest BCUT2D eigenvalue weighted by molar-refractivity contribution is -0.146. The first-order chi connectivity index (χ1) is 19.1. The third-order valence-corrected chi connectivity index (χ3v) is 9.36. The van der Waals surface area contributed by atoms with Gasteiger partial charge in [0.05, 0.1) is 17.4 Å². The minimum Gasteiger partial charge on any atom is -0.396 e. The first-order valence-electron chi connectivity index (χ1n) is 14.4. The van der Waals surface area contributed by atoms with Crippen LogP contribution >= 0.6 is 0 Å². The molecule has 2 bridgehead atoms. The van der Waals surface area contributed by atoms with Gasteiger partial charge in [-0.15, -0.1) is 0 Å². The number of ether oxygens (including phenoxy) is 1. The number of anilines is 1. The minimum atomic E-state index is -1.08. The Morgan fingerprint density at radius 1 is 1.07 bits per heavy atom. The van der Waals surface area contributed by atoms with Crippen LogP contribution < -0.4 is 10.6 Å². The lowest BCUT2D eigenvalue weighted by Gasteiger charge is -2.36. The van der Waals surface area contributed by atoms with E-state index in [1.54, 1.807) is 4.90 Å². The second kappa shape index (κ2) is 11.0. The number of likely N-dealkylation sites (tertiary alicyclic amines) is 1. The number of benzene rings is 2. The molecule has 3 aliphatic rings. The smallest absolute Gasteiger partial charge is 0.250 e. The largest absolute Gasteiger partial charge is 0.396 e. The molecule has 5 rings (SSSR count). The summed E-state index contributed by atoms with van der Waals surface area (Å²) in [7, 11) is 0. The van der Waals surface area contributed by atoms with Gasteiger partial charge in [0.1, 0.15) is 11.6 Å². The van der Waals surface area contributed by atoms with E-state index in [2.05, 4.69) is 17.6 Å². The molecule has 40 heavy (non-hydrogen) atoms. The number of amides is 3. The molecule has 2 aromatic carbocycles. The Morgan fingerprint density at radius 2 is 1.82 bits per heavy atom. The SMILES string of the molecule is Cc1ccc(C)c(NC(=O)C2N(CCCCCO)C(=O)[C@@H]3[C@@H](C(=O)NCc4ccccc4)[C@]4(C)OC23CC4C)c1. The summed E-state index contributed by atoms with van der Waals surface area (Å²) in [6.45, 7) is 8.70. The zero-order valence-corrected chi connectivity index (χ0v) is 23.9. The molecule has 0 aromatic heterocycles. The molecular formula is C32H41N3O5. The second-order valence-corrected chi connectivity index (χ2v) is 12.0. The third kappa shape index (κ3) is 4.71. The van der Waals surface area contributed by atoms with Crippen LogP contribution in [0.2, 0.25) is 0 Å². The molecule has 3 aliphatic heterocycles. The molecule has 3 heterocycles. The molecule has 8 heteroatoms. The molecule has 2 aromatic rings. The zero-order chi connectivity index (χ0) is 28.7. The monoisotopic (exact) mass is 547 g/mol. The summed E-state index contributed by atoms with van der Waals surface area (Å²) in [5, 5.41) is 15.4. The number of aryl methyl sites for hydroxylation is 2. The zero-order valence-electron chi connectivity index (χ0n) is 23.9. The van der Waals surface area contributed by atoms with Crippen LogP contribution in [0, 0.1) is 31.6 Å². The van der Waals surface area contributed by atoms with Crippen molar-refractivity contribution in [3.63, 3.8) is 0 Å². The van der Waals surface area contributed by atoms with E-state index in [0.717, 1.165) is 23.1 Å². The maximum absolute atomic E-state index is 14.2. The van der Waals surface area contributed by atoms with Crippen molar-refractivity contribution in [2.75, 3.05) is 18.5 Å². The predicted molar refractivity (Wildman–Crippen MR) is 152 cm³/mol. The van der Waals surface area contributed by atoms with Gasteiger partial charge in [-0.2, -0.15) is 0 Å². The molecule has 3 unspecified atom stereocenters. The van der Waals surface area contributed by atoms with E-state index in [1.807, 2.05) is 69.3 Å². The Hall–Kier alpha value is -3.23. The molecule has 3 N–H and O–H groups in total. The molecule has 0 saturated carbocycles. The molecule has 1 spiro atoms. The van der Waals surface area contributed by atoms with Gasteiger partial charge in [-0.1, -0.05) is 49.4 Å². The highest BCUT2D eigenvalue weighted by atomic mass is 16.5. The van der Waals surface area contributed by atoms with Crippen molar-refractivity contribution in [2.24, 2.45) is 17.8 Å². The molecule has 3 amide bonds.